The highest BCUT2D eigenvalue weighted by molar-refractivity contribution is 7.20. The summed E-state index contributed by atoms with van der Waals surface area (Å²) in [5.74, 6) is 0. The van der Waals surface area contributed by atoms with Crippen LogP contribution in [0.4, 0.5) is 27.1 Å². The van der Waals surface area contributed by atoms with E-state index < -0.39 is 4.92 Å². The predicted molar refractivity (Wildman–Crippen MR) is 97.2 cm³/mol. The Kier molecular flexibility index (Phi) is 6.39. The van der Waals surface area contributed by atoms with E-state index >= 15 is 0 Å². The normalized spacial score (nSPS) is 11.0. The van der Waals surface area contributed by atoms with Crippen LogP contribution in [0.2, 0.25) is 0 Å². The van der Waals surface area contributed by atoms with Crippen LogP contribution in [0, 0.1) is 17.0 Å². The Labute approximate surface area is 148 Å². The molecule has 25 heavy (non-hydrogen) atoms. The second-order valence-electron chi connectivity index (χ2n) is 5.09. The van der Waals surface area contributed by atoms with E-state index in [-0.39, 0.29) is 15.7 Å². The Hall–Kier alpha value is -2.56. The van der Waals surface area contributed by atoms with Gasteiger partial charge in [-0.3, -0.25) is 10.1 Å². The van der Waals surface area contributed by atoms with Gasteiger partial charge in [0, 0.05) is 18.8 Å². The molecule has 0 spiro atoms. The average Bonchev–Trinajstić information content (AvgIpc) is 2.99. The number of azo groups is 1. The van der Waals surface area contributed by atoms with Crippen LogP contribution in [0.5, 0.6) is 0 Å². The number of thiophene rings is 1. The second kappa shape index (κ2) is 8.51. The van der Waals surface area contributed by atoms with Crippen molar-refractivity contribution in [3.8, 4) is 0 Å². The van der Waals surface area contributed by atoms with Crippen LogP contribution < -0.4 is 10.4 Å². The summed E-state index contributed by atoms with van der Waals surface area (Å²) in [6.45, 7) is 7.90. The van der Waals surface area contributed by atoms with Crippen molar-refractivity contribution in [3.05, 3.63) is 39.9 Å². The predicted octanol–water partition coefficient (Wildman–Crippen LogP) is 5.04. The van der Waals surface area contributed by atoms with Gasteiger partial charge in [-0.05, 0) is 44.5 Å². The van der Waals surface area contributed by atoms with Crippen LogP contribution in [-0.2, 0) is 4.99 Å². The Morgan fingerprint density at radius 2 is 2.04 bits per heavy atom. The lowest BCUT2D eigenvalue weighted by Crippen LogP contribution is -2.21. The number of benzene rings is 1. The Balaban J connectivity index is 2.28. The van der Waals surface area contributed by atoms with Crippen LogP contribution >= 0.6 is 11.3 Å². The molecule has 2 N–H and O–H groups in total. The molecule has 0 radical (unpaired) electrons. The first-order valence-corrected chi connectivity index (χ1v) is 8.43. The number of nitrogens with one attached hydrogen (secondary N) is 1. The molecule has 0 aliphatic heterocycles. The first kappa shape index (κ1) is 18.8. The zero-order valence-electron chi connectivity index (χ0n) is 14.1. The maximum Gasteiger partial charge on any atom is 0.310 e. The molecule has 1 aromatic carbocycles. The fraction of sp³-hybridized carbons (Fsp3) is 0.333. The van der Waals surface area contributed by atoms with E-state index in [0.29, 0.717) is 5.69 Å². The van der Waals surface area contributed by atoms with Crippen molar-refractivity contribution in [2.45, 2.75) is 20.8 Å². The Bertz CT molecular complexity index is 773. The average molecular weight is 365 g/mol. The van der Waals surface area contributed by atoms with Gasteiger partial charge in [-0.15, -0.1) is 15.2 Å². The molecule has 0 amide bonds. The molecule has 0 saturated heterocycles. The van der Waals surface area contributed by atoms with E-state index in [9.17, 15) is 10.1 Å². The van der Waals surface area contributed by atoms with E-state index in [1.807, 2.05) is 25.1 Å². The molecular weight excluding hydrogens is 346 g/mol. The molecular formula is C15H19N5O4S. The van der Waals surface area contributed by atoms with Gasteiger partial charge >= 0.3 is 5.69 Å². The molecule has 2 rings (SSSR count). The van der Waals surface area contributed by atoms with Crippen molar-refractivity contribution in [3.63, 3.8) is 0 Å². The van der Waals surface area contributed by atoms with Crippen LogP contribution in [0.25, 0.3) is 0 Å². The van der Waals surface area contributed by atoms with Crippen molar-refractivity contribution < 1.29 is 15.2 Å². The van der Waals surface area contributed by atoms with Crippen molar-refractivity contribution in [1.82, 2.24) is 0 Å². The summed E-state index contributed by atoms with van der Waals surface area (Å²) >= 11 is 0.946. The number of nitro groups is 1. The van der Waals surface area contributed by atoms with E-state index in [1.165, 1.54) is 6.07 Å². The highest BCUT2D eigenvalue weighted by Gasteiger charge is 2.19. The van der Waals surface area contributed by atoms with Gasteiger partial charge in [0.05, 0.1) is 16.7 Å². The van der Waals surface area contributed by atoms with Gasteiger partial charge < -0.3 is 4.90 Å². The molecule has 0 unspecified atom stereocenters. The number of hydrogen-bond donors (Lipinski definition) is 2. The minimum Gasteiger partial charge on any atom is -0.372 e. The molecule has 0 fully saturated rings. The minimum atomic E-state index is -0.566. The molecule has 0 aliphatic rings. The van der Waals surface area contributed by atoms with Gasteiger partial charge in [0.2, 0.25) is 5.00 Å². The summed E-state index contributed by atoms with van der Waals surface area (Å²) in [5, 5.41) is 27.9. The number of anilines is 2. The quantitative estimate of drug-likeness (QED) is 0.293. The maximum absolute atomic E-state index is 11.1. The third kappa shape index (κ3) is 4.50. The lowest BCUT2D eigenvalue weighted by atomic mass is 10.1. The summed E-state index contributed by atoms with van der Waals surface area (Å²) < 4.78 is 0. The van der Waals surface area contributed by atoms with E-state index in [4.69, 9.17) is 5.26 Å². The monoisotopic (exact) mass is 365 g/mol. The molecule has 0 aliphatic carbocycles. The van der Waals surface area contributed by atoms with Crippen LogP contribution in [0.15, 0.2) is 34.5 Å². The summed E-state index contributed by atoms with van der Waals surface area (Å²) in [6.07, 6.45) is 0. The minimum absolute atomic E-state index is 0.108. The molecule has 0 atom stereocenters. The summed E-state index contributed by atoms with van der Waals surface area (Å²) in [6, 6.07) is 7.01. The van der Waals surface area contributed by atoms with Crippen molar-refractivity contribution in [2.75, 3.05) is 23.5 Å². The lowest BCUT2D eigenvalue weighted by molar-refractivity contribution is -0.383. The highest BCUT2D eigenvalue weighted by atomic mass is 32.1. The van der Waals surface area contributed by atoms with Crippen molar-refractivity contribution >= 4 is 38.4 Å². The molecule has 10 heteroatoms. The smallest absolute Gasteiger partial charge is 0.310 e. The van der Waals surface area contributed by atoms with Gasteiger partial charge in [-0.25, -0.2) is 10.7 Å². The fourth-order valence-corrected chi connectivity index (χ4v) is 3.08. The first-order valence-electron chi connectivity index (χ1n) is 7.62. The first-order chi connectivity index (χ1) is 12.0. The van der Waals surface area contributed by atoms with Gasteiger partial charge in [0.25, 0.3) is 0 Å². The van der Waals surface area contributed by atoms with Crippen molar-refractivity contribution in [1.29, 1.82) is 0 Å². The second-order valence-corrected chi connectivity index (χ2v) is 6.13. The zero-order chi connectivity index (χ0) is 18.4. The zero-order valence-corrected chi connectivity index (χ0v) is 14.9. The molecule has 9 nitrogen and oxygen atoms in total. The van der Waals surface area contributed by atoms with Gasteiger partial charge in [0.1, 0.15) is 5.00 Å². The van der Waals surface area contributed by atoms with Crippen LogP contribution in [-0.4, -0.2) is 23.3 Å². The molecule has 134 valence electrons. The third-order valence-corrected chi connectivity index (χ3v) is 4.50. The molecule has 0 bridgehead atoms. The number of rotatable bonds is 8. The fourth-order valence-electron chi connectivity index (χ4n) is 2.31. The summed E-state index contributed by atoms with van der Waals surface area (Å²) in [7, 11) is 0. The molecule has 2 aromatic rings. The topological polar surface area (TPSA) is 113 Å². The Morgan fingerprint density at radius 3 is 2.60 bits per heavy atom. The third-order valence-electron chi connectivity index (χ3n) is 3.59. The number of hydrogen-bond acceptors (Lipinski definition) is 9. The number of aryl methyl sites for hydroxylation is 1. The molecule has 0 saturated carbocycles. The van der Waals surface area contributed by atoms with Crippen molar-refractivity contribution in [2.24, 2.45) is 10.2 Å². The van der Waals surface area contributed by atoms with Crippen LogP contribution in [0.3, 0.4) is 0 Å². The molecule has 1 aromatic heterocycles. The Morgan fingerprint density at radius 1 is 1.32 bits per heavy atom. The van der Waals surface area contributed by atoms with E-state index in [0.717, 1.165) is 35.7 Å². The summed E-state index contributed by atoms with van der Waals surface area (Å²) in [4.78, 5) is 16.5. The van der Waals surface area contributed by atoms with Gasteiger partial charge in [-0.2, -0.15) is 0 Å². The SMILES string of the molecule is CCN(CC)c1ccc(N=Nc2sc(NOO)cc2[N+](=O)[O-])c(C)c1. The highest BCUT2D eigenvalue weighted by Crippen LogP contribution is 2.41. The molecule has 1 heterocycles. The number of nitrogens with zero attached hydrogens (tertiary/aromatic N) is 4. The summed E-state index contributed by atoms with van der Waals surface area (Å²) in [5.41, 5.74) is 4.56. The van der Waals surface area contributed by atoms with Gasteiger partial charge in [0.15, 0.2) is 0 Å². The maximum atomic E-state index is 11.1. The lowest BCUT2D eigenvalue weighted by Gasteiger charge is -2.21. The van der Waals surface area contributed by atoms with Crippen LogP contribution in [0.1, 0.15) is 19.4 Å². The van der Waals surface area contributed by atoms with E-state index in [1.54, 1.807) is 0 Å². The standard InChI is InChI=1S/C15H19N5O4S/c1-4-19(5-2)11-6-7-12(10(3)8-11)16-17-15-13(20(21)22)9-14(25-15)18-24-23/h6-9,18,23H,4-5H2,1-3H3. The largest absolute Gasteiger partial charge is 0.372 e. The van der Waals surface area contributed by atoms with E-state index in [2.05, 4.69) is 39.4 Å². The van der Waals surface area contributed by atoms with Gasteiger partial charge in [-0.1, -0.05) is 11.3 Å².